The molecule has 1 aromatic heterocycles. The van der Waals surface area contributed by atoms with Crippen molar-refractivity contribution in [1.29, 1.82) is 16.2 Å². The molecule has 1 saturated carbocycles. The molecule has 6 aliphatic rings. The minimum atomic E-state index is -1.38. The van der Waals surface area contributed by atoms with Gasteiger partial charge in [0.1, 0.15) is 48.3 Å². The van der Waals surface area contributed by atoms with E-state index in [0.717, 1.165) is 30.4 Å². The number of nitrogens with zero attached hydrogens (tertiary/aromatic N) is 4. The lowest BCUT2D eigenvalue weighted by atomic mass is 9.84. The van der Waals surface area contributed by atoms with Gasteiger partial charge in [0.05, 0.1) is 18.7 Å². The second-order valence-corrected chi connectivity index (χ2v) is 25.6. The zero-order valence-electron chi connectivity index (χ0n) is 51.7. The number of amides is 10. The number of nitrogens with one attached hydrogen (secondary N) is 12. The molecular formula is C60H90N20O11S. The van der Waals surface area contributed by atoms with Crippen LogP contribution in [-0.4, -0.2) is 214 Å². The van der Waals surface area contributed by atoms with Gasteiger partial charge in [0.25, 0.3) is 0 Å². The molecule has 1 aliphatic carbocycles. The number of carbonyl (C=O) groups excluding carboxylic acids is 10. The van der Waals surface area contributed by atoms with Crippen molar-refractivity contribution in [1.82, 2.24) is 67.5 Å². The summed E-state index contributed by atoms with van der Waals surface area (Å²) in [5.41, 5.74) is 24.2. The lowest BCUT2D eigenvalue weighted by Crippen LogP contribution is -2.63. The van der Waals surface area contributed by atoms with Crippen molar-refractivity contribution in [3.8, 4) is 0 Å². The molecule has 0 radical (unpaired) electrons. The van der Waals surface area contributed by atoms with Gasteiger partial charge >= 0.3 is 0 Å². The lowest BCUT2D eigenvalue weighted by Gasteiger charge is -2.43. The summed E-state index contributed by atoms with van der Waals surface area (Å²) in [6, 6.07) is 0.299. The topological polar surface area (TPSA) is 488 Å². The number of aliphatic hydroxyl groups excluding tert-OH is 1. The predicted octanol–water partition coefficient (Wildman–Crippen LogP) is -3.95. The van der Waals surface area contributed by atoms with Crippen LogP contribution in [0.3, 0.4) is 0 Å². The van der Waals surface area contributed by atoms with Crippen LogP contribution >= 0.6 is 11.3 Å². The summed E-state index contributed by atoms with van der Waals surface area (Å²) < 4.78 is 0. The third kappa shape index (κ3) is 18.1. The Morgan fingerprint density at radius 3 is 2.12 bits per heavy atom. The number of thiophene rings is 1. The predicted molar refractivity (Wildman–Crippen MR) is 338 cm³/mol. The van der Waals surface area contributed by atoms with Gasteiger partial charge in [0.15, 0.2) is 17.9 Å². The van der Waals surface area contributed by atoms with E-state index in [2.05, 4.69) is 47.9 Å². The molecule has 12 atom stereocenters. The van der Waals surface area contributed by atoms with Crippen molar-refractivity contribution in [3.05, 3.63) is 57.8 Å². The Labute approximate surface area is 537 Å². The third-order valence-electron chi connectivity index (χ3n) is 18.1. The molecular weight excluding hydrogens is 1210 g/mol. The number of rotatable bonds is 24. The summed E-state index contributed by atoms with van der Waals surface area (Å²) in [5, 5.41) is 59.9. The number of fused-ring (bicyclic) bond motifs is 5. The number of β-amino-alcohol motifs (C(OH)–C–C–N with tert-alkyl or cyclic N) is 1. The first-order valence-electron chi connectivity index (χ1n) is 31.8. The van der Waals surface area contributed by atoms with E-state index in [-0.39, 0.29) is 133 Å². The second kappa shape index (κ2) is 32.6. The fourth-order valence-electron chi connectivity index (χ4n) is 13.5. The molecule has 6 heterocycles. The zero-order chi connectivity index (χ0) is 66.2. The number of hydrogen-bond donors (Lipinski definition) is 17. The number of carbonyl (C=O) groups is 10. The van der Waals surface area contributed by atoms with Crippen LogP contribution in [0.25, 0.3) is 0 Å². The van der Waals surface area contributed by atoms with E-state index in [9.17, 15) is 43.5 Å². The number of aliphatic hydroxyl groups is 1. The molecule has 0 bridgehead atoms. The Hall–Kier alpha value is -8.65. The Morgan fingerprint density at radius 2 is 1.41 bits per heavy atom. The third-order valence-corrected chi connectivity index (χ3v) is 19.0. The minimum absolute atomic E-state index is 0.00512. The van der Waals surface area contributed by atoms with Crippen molar-refractivity contribution in [2.45, 2.75) is 182 Å². The van der Waals surface area contributed by atoms with Crippen LogP contribution in [0.5, 0.6) is 0 Å². The molecule has 32 heteroatoms. The Kier molecular flexibility index (Phi) is 24.5. The van der Waals surface area contributed by atoms with Crippen molar-refractivity contribution in [2.24, 2.45) is 28.9 Å². The van der Waals surface area contributed by atoms with Gasteiger partial charge in [-0.3, -0.25) is 64.2 Å². The van der Waals surface area contributed by atoms with E-state index in [1.165, 1.54) is 26.0 Å². The van der Waals surface area contributed by atoms with Crippen LogP contribution in [0.1, 0.15) is 112 Å². The highest BCUT2D eigenvalue weighted by Gasteiger charge is 2.52. The highest BCUT2D eigenvalue weighted by Crippen LogP contribution is 2.41. The summed E-state index contributed by atoms with van der Waals surface area (Å²) >= 11 is 1.31. The quantitative estimate of drug-likeness (QED) is 0.0271. The van der Waals surface area contributed by atoms with Gasteiger partial charge in [-0.1, -0.05) is 43.2 Å². The maximum atomic E-state index is 15.5. The Morgan fingerprint density at radius 1 is 0.717 bits per heavy atom. The lowest BCUT2D eigenvalue weighted by molar-refractivity contribution is -0.153. The molecule has 31 nitrogen and oxygen atoms in total. The smallest absolute Gasteiger partial charge is 0.246 e. The highest BCUT2D eigenvalue weighted by molar-refractivity contribution is 7.09. The SMILES string of the molecule is N=C(N)NCCC[C@@H](N)C(=O)N[C@@H](CCCNC(=N)N)C(=O)N1CCC[C@H]1C(=O)N1C[C@H](O)C[C@H]1C(=O)NCC(=O)N[C@@H](Cc1cccs1)C(=O)N[C@H]1CCNC(=O)[C@H](CCCNC(=N)N)NC(=O)[C@@H]2C[C@@H]3CCCC[C@@H]3N2C(=O)[C@@H]2Cc3ccccc3CN2C1=O. The molecule has 21 N–H and O–H groups in total. The van der Waals surface area contributed by atoms with Gasteiger partial charge in [0.2, 0.25) is 59.1 Å². The van der Waals surface area contributed by atoms with Crippen LogP contribution in [0.15, 0.2) is 41.8 Å². The molecule has 10 amide bonds. The minimum Gasteiger partial charge on any atom is -0.391 e. The van der Waals surface area contributed by atoms with Crippen molar-refractivity contribution in [2.75, 3.05) is 45.8 Å². The average Bonchev–Trinajstić information content (AvgIpc) is 1.49. The maximum absolute atomic E-state index is 15.5. The van der Waals surface area contributed by atoms with E-state index in [1.807, 2.05) is 24.3 Å². The van der Waals surface area contributed by atoms with Crippen LogP contribution < -0.4 is 70.8 Å². The van der Waals surface area contributed by atoms with Crippen LogP contribution in [0.2, 0.25) is 0 Å². The molecule has 2 aromatic rings. The van der Waals surface area contributed by atoms with Gasteiger partial charge in [0, 0.05) is 76.0 Å². The zero-order valence-corrected chi connectivity index (χ0v) is 52.5. The van der Waals surface area contributed by atoms with Gasteiger partial charge in [-0.15, -0.1) is 11.3 Å². The molecule has 4 saturated heterocycles. The van der Waals surface area contributed by atoms with E-state index in [4.69, 9.17) is 39.2 Å². The molecule has 0 unspecified atom stereocenters. The number of guanidine groups is 3. The summed E-state index contributed by atoms with van der Waals surface area (Å²) in [4.78, 5) is 151. The van der Waals surface area contributed by atoms with E-state index < -0.39 is 126 Å². The average molecular weight is 1300 g/mol. The van der Waals surface area contributed by atoms with Crippen molar-refractivity contribution in [3.63, 3.8) is 0 Å². The number of nitrogens with two attached hydrogens (primary N) is 4. The van der Waals surface area contributed by atoms with Gasteiger partial charge in [-0.05, 0) is 106 Å². The molecule has 1 aromatic carbocycles. The Bertz CT molecular complexity index is 3050. The normalized spacial score (nSPS) is 25.0. The molecule has 502 valence electrons. The van der Waals surface area contributed by atoms with E-state index >= 15 is 9.59 Å². The van der Waals surface area contributed by atoms with E-state index in [0.29, 0.717) is 37.0 Å². The number of likely N-dealkylation sites (tertiary alicyclic amines) is 2. The standard InChI is InChI=1S/C60H90N20O11S/c61-38(14-5-20-69-58(62)63)49(83)75-40(16-7-22-71-60(66)67)54(88)77-24-8-18-44(77)56(90)79-32-36(81)28-45(79)52(86)72-30-48(82)73-42(29-37-13-9-25-92-37)51(85)76-41-19-23-68-50(84)39(15-6-21-70-59(64)65)74-53(87)46-27-34-11-3-4-17-43(34)80(46)57(91)47-26-33-10-1-2-12-35(33)31-78(47)55(41)89/h1-2,9-10,12-13,25,34,36,38-47,81H,3-8,11,14-24,26-32,61H2,(H,68,84)(H,72,86)(H,73,82)(H,74,87)(H,75,83)(H,76,85)(H4,62,63,69)(H4,64,65,70)(H4,66,67,71)/t34-,36+,38+,39-,40-,41-,42-,43-,44-,45-,46-,47-/m0/s1. The fourth-order valence-corrected chi connectivity index (χ4v) is 14.3. The van der Waals surface area contributed by atoms with Gasteiger partial charge in [-0.2, -0.15) is 0 Å². The molecule has 8 rings (SSSR count). The van der Waals surface area contributed by atoms with Crippen LogP contribution in [0, 0.1) is 22.1 Å². The van der Waals surface area contributed by atoms with Crippen LogP contribution in [-0.2, 0) is 67.3 Å². The first-order chi connectivity index (χ1) is 44.1. The molecule has 92 heavy (non-hydrogen) atoms. The van der Waals surface area contributed by atoms with Crippen molar-refractivity contribution < 1.29 is 53.1 Å². The van der Waals surface area contributed by atoms with Gasteiger partial charge < -0.3 is 95.5 Å². The maximum Gasteiger partial charge on any atom is 0.246 e. The largest absolute Gasteiger partial charge is 0.391 e. The number of hydrogen-bond acceptors (Lipinski definition) is 16. The van der Waals surface area contributed by atoms with Crippen LogP contribution in [0.4, 0.5) is 0 Å². The highest BCUT2D eigenvalue weighted by atomic mass is 32.1. The first kappa shape index (κ1) is 69.2. The molecule has 0 spiro atoms. The molecule has 5 fully saturated rings. The van der Waals surface area contributed by atoms with E-state index in [1.54, 1.807) is 22.4 Å². The second-order valence-electron chi connectivity index (χ2n) is 24.6. The summed E-state index contributed by atoms with van der Waals surface area (Å²) in [6.45, 7) is -0.292. The monoisotopic (exact) mass is 1300 g/mol. The first-order valence-corrected chi connectivity index (χ1v) is 32.7. The number of benzene rings is 1. The summed E-state index contributed by atoms with van der Waals surface area (Å²) in [5.74, 6) is -7.12. The summed E-state index contributed by atoms with van der Waals surface area (Å²) in [6.07, 6.45) is 4.13. The van der Waals surface area contributed by atoms with Gasteiger partial charge in [-0.25, -0.2) is 0 Å². The molecule has 5 aliphatic heterocycles. The van der Waals surface area contributed by atoms with Crippen molar-refractivity contribution >= 4 is 88.3 Å². The Balaban J connectivity index is 0.971. The fraction of sp³-hybridized carbons (Fsp3) is 0.617. The summed E-state index contributed by atoms with van der Waals surface area (Å²) in [7, 11) is 0.